The molecule has 0 unspecified atom stereocenters. The molecule has 1 fully saturated rings. The Morgan fingerprint density at radius 1 is 1.33 bits per heavy atom. The molecule has 1 saturated heterocycles. The molecular formula is C21H26N6O3. The lowest BCUT2D eigenvalue weighted by molar-refractivity contribution is 0.0697. The molecule has 3 aromatic rings. The number of benzene rings is 1. The van der Waals surface area contributed by atoms with Crippen LogP contribution in [-0.2, 0) is 4.74 Å². The highest BCUT2D eigenvalue weighted by atomic mass is 16.5. The summed E-state index contributed by atoms with van der Waals surface area (Å²) in [5.41, 5.74) is 2.74. The predicted octanol–water partition coefficient (Wildman–Crippen LogP) is 1.43. The largest absolute Gasteiger partial charge is 0.381 e. The van der Waals surface area contributed by atoms with Gasteiger partial charge < -0.3 is 15.0 Å². The summed E-state index contributed by atoms with van der Waals surface area (Å²) in [6.07, 6.45) is 3.15. The highest BCUT2D eigenvalue weighted by molar-refractivity contribution is 5.95. The molecule has 0 atom stereocenters. The Morgan fingerprint density at radius 2 is 2.13 bits per heavy atom. The average molecular weight is 410 g/mol. The van der Waals surface area contributed by atoms with Crippen molar-refractivity contribution in [2.75, 3.05) is 40.4 Å². The van der Waals surface area contributed by atoms with Gasteiger partial charge in [-0.15, -0.1) is 0 Å². The first-order valence-corrected chi connectivity index (χ1v) is 10.1. The van der Waals surface area contributed by atoms with Crippen molar-refractivity contribution in [3.05, 3.63) is 46.5 Å². The molecule has 30 heavy (non-hydrogen) atoms. The lowest BCUT2D eigenvalue weighted by Crippen LogP contribution is -2.31. The summed E-state index contributed by atoms with van der Waals surface area (Å²) in [5, 5.41) is 2.92. The van der Waals surface area contributed by atoms with Gasteiger partial charge in [-0.05, 0) is 39.1 Å². The summed E-state index contributed by atoms with van der Waals surface area (Å²) in [5.74, 6) is -0.131. The highest BCUT2D eigenvalue weighted by Crippen LogP contribution is 2.24. The Bertz CT molecular complexity index is 1100. The van der Waals surface area contributed by atoms with Crippen molar-refractivity contribution in [3.8, 4) is 11.3 Å². The van der Waals surface area contributed by atoms with Crippen LogP contribution in [0.1, 0.15) is 29.2 Å². The third-order valence-electron chi connectivity index (χ3n) is 5.25. The van der Waals surface area contributed by atoms with Crippen LogP contribution in [0.4, 0.5) is 0 Å². The molecule has 9 heteroatoms. The minimum Gasteiger partial charge on any atom is -0.381 e. The van der Waals surface area contributed by atoms with Crippen molar-refractivity contribution >= 4 is 17.2 Å². The summed E-state index contributed by atoms with van der Waals surface area (Å²) in [6.45, 7) is 2.59. The van der Waals surface area contributed by atoms with E-state index in [-0.39, 0.29) is 17.6 Å². The molecule has 1 aromatic carbocycles. The van der Waals surface area contributed by atoms with E-state index in [1.807, 2.05) is 31.1 Å². The molecule has 0 spiro atoms. The molecule has 3 heterocycles. The van der Waals surface area contributed by atoms with E-state index in [1.165, 1.54) is 0 Å². The first kappa shape index (κ1) is 20.2. The van der Waals surface area contributed by atoms with Crippen LogP contribution in [-0.4, -0.2) is 70.7 Å². The topological polar surface area (TPSA) is 105 Å². The number of aromatic amines is 1. The fourth-order valence-electron chi connectivity index (χ4n) is 3.63. The van der Waals surface area contributed by atoms with E-state index in [4.69, 9.17) is 9.72 Å². The number of imidazole rings is 1. The van der Waals surface area contributed by atoms with Gasteiger partial charge >= 0.3 is 5.69 Å². The normalized spacial score (nSPS) is 15.0. The van der Waals surface area contributed by atoms with Crippen LogP contribution in [0.25, 0.3) is 22.6 Å². The van der Waals surface area contributed by atoms with Crippen LogP contribution < -0.4 is 11.0 Å². The fourth-order valence-corrected chi connectivity index (χ4v) is 3.63. The second-order valence-corrected chi connectivity index (χ2v) is 7.71. The average Bonchev–Trinajstić information content (AvgIpc) is 3.09. The maximum absolute atomic E-state index is 12.5. The first-order valence-electron chi connectivity index (χ1n) is 10.1. The summed E-state index contributed by atoms with van der Waals surface area (Å²) in [7, 11) is 3.92. The van der Waals surface area contributed by atoms with Crippen molar-refractivity contribution in [3.63, 3.8) is 0 Å². The van der Waals surface area contributed by atoms with E-state index in [0.717, 1.165) is 24.9 Å². The Morgan fingerprint density at radius 3 is 2.90 bits per heavy atom. The Hall–Kier alpha value is -3.04. The standard InChI is InChI=1S/C21H26N6O3/c1-26(2)9-8-22-20(28)15-5-3-4-14(12-15)17-13-23-18-19(24-17)27(21(29)25-18)16-6-10-30-11-7-16/h3-5,12-13,16H,6-11H2,1-2H3,(H,22,28)(H,23,25,29). The van der Waals surface area contributed by atoms with Gasteiger partial charge in [0.1, 0.15) is 0 Å². The van der Waals surface area contributed by atoms with Crippen LogP contribution in [0.5, 0.6) is 0 Å². The summed E-state index contributed by atoms with van der Waals surface area (Å²) in [4.78, 5) is 38.9. The molecule has 2 N–H and O–H groups in total. The minimum absolute atomic E-state index is 0.0401. The number of hydrogen-bond acceptors (Lipinski definition) is 6. The number of H-pyrrole nitrogens is 1. The maximum Gasteiger partial charge on any atom is 0.329 e. The number of hydrogen-bond donors (Lipinski definition) is 2. The minimum atomic E-state index is -0.205. The number of amides is 1. The van der Waals surface area contributed by atoms with Gasteiger partial charge in [-0.2, -0.15) is 0 Å². The third-order valence-corrected chi connectivity index (χ3v) is 5.25. The zero-order chi connectivity index (χ0) is 21.1. The second-order valence-electron chi connectivity index (χ2n) is 7.71. The lowest BCUT2D eigenvalue weighted by Gasteiger charge is -2.22. The van der Waals surface area contributed by atoms with E-state index in [9.17, 15) is 9.59 Å². The summed E-state index contributed by atoms with van der Waals surface area (Å²) >= 11 is 0. The van der Waals surface area contributed by atoms with E-state index >= 15 is 0 Å². The number of carbonyl (C=O) groups excluding carboxylic acids is 1. The molecule has 0 aliphatic carbocycles. The van der Waals surface area contributed by atoms with Crippen LogP contribution in [0.3, 0.4) is 0 Å². The second kappa shape index (κ2) is 8.76. The molecule has 9 nitrogen and oxygen atoms in total. The Balaban J connectivity index is 1.63. The molecule has 4 rings (SSSR count). The van der Waals surface area contributed by atoms with Crippen molar-refractivity contribution < 1.29 is 9.53 Å². The molecule has 1 aliphatic rings. The molecule has 158 valence electrons. The van der Waals surface area contributed by atoms with Gasteiger partial charge in [-0.1, -0.05) is 12.1 Å². The number of aromatic nitrogens is 4. The first-order chi connectivity index (χ1) is 14.5. The van der Waals surface area contributed by atoms with E-state index in [0.29, 0.717) is 42.3 Å². The number of likely N-dealkylation sites (N-methyl/N-ethyl adjacent to an activating group) is 1. The quantitative estimate of drug-likeness (QED) is 0.637. The number of nitrogens with one attached hydrogen (secondary N) is 2. The van der Waals surface area contributed by atoms with Gasteiger partial charge in [0, 0.05) is 43.5 Å². The van der Waals surface area contributed by atoms with Gasteiger partial charge in [-0.25, -0.2) is 14.8 Å². The van der Waals surface area contributed by atoms with Crippen LogP contribution in [0.15, 0.2) is 35.3 Å². The molecule has 0 radical (unpaired) electrons. The Kier molecular flexibility index (Phi) is 5.91. The molecular weight excluding hydrogens is 384 g/mol. The van der Waals surface area contributed by atoms with Gasteiger partial charge in [0.05, 0.1) is 11.9 Å². The van der Waals surface area contributed by atoms with Crippen LogP contribution in [0, 0.1) is 0 Å². The third kappa shape index (κ3) is 4.27. The number of fused-ring (bicyclic) bond motifs is 1. The highest BCUT2D eigenvalue weighted by Gasteiger charge is 2.22. The Labute approximate surface area is 174 Å². The summed E-state index contributed by atoms with van der Waals surface area (Å²) in [6, 6.07) is 7.32. The van der Waals surface area contributed by atoms with E-state index in [1.54, 1.807) is 22.9 Å². The van der Waals surface area contributed by atoms with Crippen molar-refractivity contribution in [2.24, 2.45) is 0 Å². The lowest BCUT2D eigenvalue weighted by atomic mass is 10.1. The summed E-state index contributed by atoms with van der Waals surface area (Å²) < 4.78 is 7.10. The van der Waals surface area contributed by atoms with E-state index < -0.39 is 0 Å². The van der Waals surface area contributed by atoms with Gasteiger partial charge in [0.2, 0.25) is 0 Å². The SMILES string of the molecule is CN(C)CCNC(=O)c1cccc(-c2cnc3[nH]c(=O)n(C4CCOCC4)c3n2)c1. The van der Waals surface area contributed by atoms with Crippen molar-refractivity contribution in [1.29, 1.82) is 0 Å². The number of rotatable bonds is 6. The van der Waals surface area contributed by atoms with E-state index in [2.05, 4.69) is 15.3 Å². The van der Waals surface area contributed by atoms with Crippen molar-refractivity contribution in [2.45, 2.75) is 18.9 Å². The molecule has 0 bridgehead atoms. The molecule has 1 amide bonds. The van der Waals surface area contributed by atoms with Gasteiger partial charge in [0.15, 0.2) is 11.3 Å². The zero-order valence-electron chi connectivity index (χ0n) is 17.2. The fraction of sp³-hybridized carbons (Fsp3) is 0.429. The smallest absolute Gasteiger partial charge is 0.329 e. The number of ether oxygens (including phenoxy) is 1. The zero-order valence-corrected chi connectivity index (χ0v) is 17.2. The number of nitrogens with zero attached hydrogens (tertiary/aromatic N) is 4. The molecule has 1 aliphatic heterocycles. The van der Waals surface area contributed by atoms with Crippen molar-refractivity contribution in [1.82, 2.24) is 29.7 Å². The van der Waals surface area contributed by atoms with Crippen LogP contribution in [0.2, 0.25) is 0 Å². The van der Waals surface area contributed by atoms with Crippen LogP contribution >= 0.6 is 0 Å². The van der Waals surface area contributed by atoms with Gasteiger partial charge in [0.25, 0.3) is 5.91 Å². The monoisotopic (exact) mass is 410 g/mol. The number of carbonyl (C=O) groups is 1. The predicted molar refractivity (Wildman–Crippen MR) is 114 cm³/mol. The maximum atomic E-state index is 12.5. The van der Waals surface area contributed by atoms with Gasteiger partial charge in [-0.3, -0.25) is 14.3 Å². The molecule has 2 aromatic heterocycles. The molecule has 0 saturated carbocycles.